The Morgan fingerprint density at radius 3 is 2.33 bits per heavy atom. The molecular weight excluding hydrogens is 118 g/mol. The lowest BCUT2D eigenvalue weighted by Crippen LogP contribution is -2.07. The SMILES string of the molecule is CCC(C)n1nnnn1. The predicted molar refractivity (Wildman–Crippen MR) is 30.6 cm³/mol. The van der Waals surface area contributed by atoms with Gasteiger partial charge in [0.05, 0.1) is 6.04 Å². The summed E-state index contributed by atoms with van der Waals surface area (Å²) in [5.41, 5.74) is 0. The molecule has 1 aromatic heterocycles. The van der Waals surface area contributed by atoms with Crippen LogP contribution in [0.25, 0.3) is 0 Å². The Bertz CT molecular complexity index is 157. The molecule has 0 saturated carbocycles. The molecular formula is C4H9N5. The highest BCUT2D eigenvalue weighted by Gasteiger charge is 2.01. The van der Waals surface area contributed by atoms with Crippen molar-refractivity contribution < 1.29 is 0 Å². The summed E-state index contributed by atoms with van der Waals surface area (Å²) in [5.74, 6) is 0. The maximum absolute atomic E-state index is 3.63. The molecule has 9 heavy (non-hydrogen) atoms. The van der Waals surface area contributed by atoms with Gasteiger partial charge in [-0.05, 0) is 34.2 Å². The number of hydrogen-bond acceptors (Lipinski definition) is 4. The van der Waals surface area contributed by atoms with Crippen LogP contribution in [-0.4, -0.2) is 25.7 Å². The lowest BCUT2D eigenvalue weighted by molar-refractivity contribution is 0.409. The Hall–Kier alpha value is -1.00. The van der Waals surface area contributed by atoms with E-state index < -0.39 is 0 Å². The van der Waals surface area contributed by atoms with Gasteiger partial charge < -0.3 is 0 Å². The highest BCUT2D eigenvalue weighted by molar-refractivity contribution is 4.46. The minimum atomic E-state index is 0.306. The highest BCUT2D eigenvalue weighted by atomic mass is 15.7. The molecule has 0 aliphatic rings. The van der Waals surface area contributed by atoms with Crippen molar-refractivity contribution in [3.8, 4) is 0 Å². The summed E-state index contributed by atoms with van der Waals surface area (Å²) in [5, 5.41) is 13.9. The largest absolute Gasteiger partial charge is 0.141 e. The Morgan fingerprint density at radius 1 is 1.33 bits per heavy atom. The van der Waals surface area contributed by atoms with Gasteiger partial charge in [0.2, 0.25) is 0 Å². The van der Waals surface area contributed by atoms with Crippen LogP contribution in [0.1, 0.15) is 26.3 Å². The van der Waals surface area contributed by atoms with E-state index in [0.717, 1.165) is 6.42 Å². The molecule has 0 amide bonds. The fraction of sp³-hybridized carbons (Fsp3) is 1.00. The van der Waals surface area contributed by atoms with Gasteiger partial charge in [-0.25, -0.2) is 0 Å². The Balaban J connectivity index is 2.65. The standard InChI is InChI=1S/C4H9N5/c1-3-4(2)9-7-5-6-8-9/h4H,3H2,1-2H3. The van der Waals surface area contributed by atoms with Crippen LogP contribution in [-0.2, 0) is 0 Å². The number of aromatic nitrogens is 5. The molecule has 1 aromatic rings. The first kappa shape index (κ1) is 6.12. The predicted octanol–water partition coefficient (Wildman–Crippen LogP) is 0.0391. The molecule has 0 saturated heterocycles. The Labute approximate surface area is 53.0 Å². The molecule has 1 rings (SSSR count). The van der Waals surface area contributed by atoms with E-state index in [-0.39, 0.29) is 0 Å². The topological polar surface area (TPSA) is 56.5 Å². The van der Waals surface area contributed by atoms with Gasteiger partial charge in [-0.1, -0.05) is 6.92 Å². The molecule has 1 atom stereocenters. The third-order valence-corrected chi connectivity index (χ3v) is 1.29. The monoisotopic (exact) mass is 127 g/mol. The minimum Gasteiger partial charge on any atom is -0.141 e. The van der Waals surface area contributed by atoms with E-state index in [0.29, 0.717) is 6.04 Å². The summed E-state index contributed by atoms with van der Waals surface area (Å²) in [6, 6.07) is 0.306. The first-order chi connectivity index (χ1) is 4.34. The van der Waals surface area contributed by atoms with Crippen molar-refractivity contribution in [3.63, 3.8) is 0 Å². The van der Waals surface area contributed by atoms with Gasteiger partial charge in [0.1, 0.15) is 0 Å². The first-order valence-corrected chi connectivity index (χ1v) is 2.95. The van der Waals surface area contributed by atoms with Gasteiger partial charge in [0, 0.05) is 0 Å². The van der Waals surface area contributed by atoms with Crippen LogP contribution in [0.3, 0.4) is 0 Å². The van der Waals surface area contributed by atoms with Crippen molar-refractivity contribution in [1.29, 1.82) is 0 Å². The summed E-state index contributed by atoms with van der Waals surface area (Å²) in [6.07, 6.45) is 0.998. The molecule has 0 spiro atoms. The molecule has 50 valence electrons. The van der Waals surface area contributed by atoms with Crippen LogP contribution < -0.4 is 0 Å². The van der Waals surface area contributed by atoms with E-state index >= 15 is 0 Å². The summed E-state index contributed by atoms with van der Waals surface area (Å²) in [6.45, 7) is 4.08. The molecule has 0 bridgehead atoms. The van der Waals surface area contributed by atoms with E-state index in [9.17, 15) is 0 Å². The lowest BCUT2D eigenvalue weighted by Gasteiger charge is -2.01. The van der Waals surface area contributed by atoms with Crippen LogP contribution in [0, 0.1) is 0 Å². The fourth-order valence-corrected chi connectivity index (χ4v) is 0.475. The Morgan fingerprint density at radius 2 is 1.89 bits per heavy atom. The van der Waals surface area contributed by atoms with Crippen molar-refractivity contribution in [1.82, 2.24) is 25.7 Å². The smallest absolute Gasteiger partial charge is 0.0721 e. The molecule has 0 radical (unpaired) electrons. The Kier molecular flexibility index (Phi) is 1.72. The molecule has 1 unspecified atom stereocenters. The third kappa shape index (κ3) is 1.22. The molecule has 0 aliphatic heterocycles. The van der Waals surface area contributed by atoms with Gasteiger partial charge >= 0.3 is 0 Å². The van der Waals surface area contributed by atoms with Crippen LogP contribution >= 0.6 is 0 Å². The zero-order valence-corrected chi connectivity index (χ0v) is 5.52. The first-order valence-electron chi connectivity index (χ1n) is 2.95. The summed E-state index contributed by atoms with van der Waals surface area (Å²) >= 11 is 0. The van der Waals surface area contributed by atoms with Crippen molar-refractivity contribution in [2.45, 2.75) is 26.3 Å². The van der Waals surface area contributed by atoms with E-state index in [1.165, 1.54) is 4.80 Å². The van der Waals surface area contributed by atoms with Crippen LogP contribution in [0.2, 0.25) is 0 Å². The second kappa shape index (κ2) is 2.52. The average molecular weight is 127 g/mol. The summed E-state index contributed by atoms with van der Waals surface area (Å²) < 4.78 is 0. The van der Waals surface area contributed by atoms with Crippen molar-refractivity contribution in [2.24, 2.45) is 0 Å². The maximum Gasteiger partial charge on any atom is 0.0721 e. The molecule has 5 nitrogen and oxygen atoms in total. The van der Waals surface area contributed by atoms with E-state index in [2.05, 4.69) is 27.8 Å². The van der Waals surface area contributed by atoms with Crippen molar-refractivity contribution >= 4 is 0 Å². The zero-order valence-electron chi connectivity index (χ0n) is 5.52. The summed E-state index contributed by atoms with van der Waals surface area (Å²) in [4.78, 5) is 1.50. The van der Waals surface area contributed by atoms with Gasteiger partial charge in [-0.2, -0.15) is 0 Å². The number of rotatable bonds is 2. The average Bonchev–Trinajstić information content (AvgIpc) is 2.37. The van der Waals surface area contributed by atoms with Crippen molar-refractivity contribution in [3.05, 3.63) is 0 Å². The normalized spacial score (nSPS) is 13.6. The molecule has 1 heterocycles. The van der Waals surface area contributed by atoms with Gasteiger partial charge in [-0.3, -0.25) is 0 Å². The lowest BCUT2D eigenvalue weighted by atomic mass is 10.3. The van der Waals surface area contributed by atoms with Crippen molar-refractivity contribution in [2.75, 3.05) is 0 Å². The molecule has 0 N–H and O–H groups in total. The highest BCUT2D eigenvalue weighted by Crippen LogP contribution is 2.02. The molecule has 5 heteroatoms. The summed E-state index contributed by atoms with van der Waals surface area (Å²) in [7, 11) is 0. The zero-order chi connectivity index (χ0) is 6.69. The van der Waals surface area contributed by atoms with Crippen LogP contribution in [0.5, 0.6) is 0 Å². The number of hydrogen-bond donors (Lipinski definition) is 0. The second-order valence-corrected chi connectivity index (χ2v) is 1.94. The van der Waals surface area contributed by atoms with Gasteiger partial charge in [-0.15, -0.1) is 4.80 Å². The van der Waals surface area contributed by atoms with E-state index in [4.69, 9.17) is 0 Å². The quantitative estimate of drug-likeness (QED) is 0.562. The van der Waals surface area contributed by atoms with Crippen LogP contribution in [0.4, 0.5) is 0 Å². The van der Waals surface area contributed by atoms with E-state index in [1.54, 1.807) is 0 Å². The fourth-order valence-electron chi connectivity index (χ4n) is 0.475. The second-order valence-electron chi connectivity index (χ2n) is 1.94. The molecule has 0 fully saturated rings. The van der Waals surface area contributed by atoms with Gasteiger partial charge in [0.25, 0.3) is 0 Å². The maximum atomic E-state index is 3.63. The van der Waals surface area contributed by atoms with Crippen LogP contribution in [0.15, 0.2) is 0 Å². The molecule has 0 aromatic carbocycles. The number of nitrogens with zero attached hydrogens (tertiary/aromatic N) is 5. The minimum absolute atomic E-state index is 0.306. The third-order valence-electron chi connectivity index (χ3n) is 1.29. The van der Waals surface area contributed by atoms with Gasteiger partial charge in [0.15, 0.2) is 0 Å². The molecule has 0 aliphatic carbocycles. The van der Waals surface area contributed by atoms with E-state index in [1.807, 2.05) is 6.92 Å².